The van der Waals surface area contributed by atoms with Crippen molar-refractivity contribution >= 4 is 22.4 Å². The van der Waals surface area contributed by atoms with Gasteiger partial charge in [0.15, 0.2) is 0 Å². The van der Waals surface area contributed by atoms with Gasteiger partial charge in [0.2, 0.25) is 10.0 Å². The summed E-state index contributed by atoms with van der Waals surface area (Å²) in [5, 5.41) is 12.1. The van der Waals surface area contributed by atoms with Gasteiger partial charge in [0.05, 0.1) is 16.5 Å². The molecule has 0 spiro atoms. The second-order valence-electron chi connectivity index (χ2n) is 5.49. The molecule has 0 amide bonds. The minimum absolute atomic E-state index is 0. The fourth-order valence-electron chi connectivity index (χ4n) is 2.67. The Morgan fingerprint density at radius 1 is 1.45 bits per heavy atom. The summed E-state index contributed by atoms with van der Waals surface area (Å²) in [4.78, 5) is 0.253. The molecule has 7 heteroatoms. The van der Waals surface area contributed by atoms with E-state index in [0.717, 1.165) is 32.4 Å². The molecule has 22 heavy (non-hydrogen) atoms. The molecule has 0 aliphatic carbocycles. The molecule has 5 nitrogen and oxygen atoms in total. The Hall–Kier alpha value is -1.13. The smallest absolute Gasteiger partial charge is 0.240 e. The summed E-state index contributed by atoms with van der Waals surface area (Å²) in [6, 6.07) is 6.64. The fourth-order valence-corrected chi connectivity index (χ4v) is 3.94. The molecule has 1 heterocycles. The molecule has 122 valence electrons. The monoisotopic (exact) mass is 343 g/mol. The molecule has 2 N–H and O–H groups in total. The summed E-state index contributed by atoms with van der Waals surface area (Å²) in [6.45, 7) is 4.19. The van der Waals surface area contributed by atoms with Gasteiger partial charge in [0.1, 0.15) is 0 Å². The predicted octanol–water partition coefficient (Wildman–Crippen LogP) is 1.96. The van der Waals surface area contributed by atoms with E-state index in [1.807, 2.05) is 6.07 Å². The summed E-state index contributed by atoms with van der Waals surface area (Å²) in [6.07, 6.45) is 3.17. The maximum atomic E-state index is 12.3. The average Bonchev–Trinajstić information content (AvgIpc) is 2.47. The van der Waals surface area contributed by atoms with Crippen molar-refractivity contribution < 1.29 is 8.42 Å². The molecule has 0 radical (unpaired) electrons. The van der Waals surface area contributed by atoms with Crippen molar-refractivity contribution in [3.8, 4) is 6.07 Å². The van der Waals surface area contributed by atoms with Crippen LogP contribution in [-0.4, -0.2) is 28.1 Å². The number of nitrogens with one attached hydrogen (secondary N) is 2. The Balaban J connectivity index is 0.00000242. The predicted molar refractivity (Wildman–Crippen MR) is 88.5 cm³/mol. The second kappa shape index (κ2) is 8.49. The van der Waals surface area contributed by atoms with Crippen LogP contribution in [0.2, 0.25) is 0 Å². The second-order valence-corrected chi connectivity index (χ2v) is 7.23. The zero-order valence-corrected chi connectivity index (χ0v) is 14.3. The highest BCUT2D eigenvalue weighted by molar-refractivity contribution is 7.89. The lowest BCUT2D eigenvalue weighted by atomic mass is 9.96. The van der Waals surface area contributed by atoms with Crippen LogP contribution in [0.1, 0.15) is 30.4 Å². The van der Waals surface area contributed by atoms with Crippen LogP contribution in [0.4, 0.5) is 0 Å². The van der Waals surface area contributed by atoms with Crippen molar-refractivity contribution in [2.75, 3.05) is 19.6 Å². The van der Waals surface area contributed by atoms with E-state index in [1.165, 1.54) is 12.1 Å². The fraction of sp³-hybridized carbons (Fsp3) is 0.533. The number of benzene rings is 1. The molecule has 1 unspecified atom stereocenters. The molecule has 1 fully saturated rings. The van der Waals surface area contributed by atoms with Crippen molar-refractivity contribution in [1.82, 2.24) is 10.0 Å². The van der Waals surface area contributed by atoms with Crippen LogP contribution in [0, 0.1) is 24.2 Å². The van der Waals surface area contributed by atoms with E-state index in [-0.39, 0.29) is 17.3 Å². The van der Waals surface area contributed by atoms with E-state index >= 15 is 0 Å². The van der Waals surface area contributed by atoms with Crippen LogP contribution in [0.5, 0.6) is 0 Å². The van der Waals surface area contributed by atoms with E-state index in [0.29, 0.717) is 23.6 Å². The number of piperidine rings is 1. The van der Waals surface area contributed by atoms with Gasteiger partial charge in [0, 0.05) is 6.54 Å². The highest BCUT2D eigenvalue weighted by atomic mass is 35.5. The number of rotatable bonds is 5. The lowest BCUT2D eigenvalue weighted by Gasteiger charge is -2.22. The molecule has 0 saturated carbocycles. The SMILES string of the molecule is Cc1cc(C#N)ccc1S(=O)(=O)NCCC1CCCNC1.Cl. The van der Waals surface area contributed by atoms with Crippen LogP contribution < -0.4 is 10.0 Å². The molecular weight excluding hydrogens is 322 g/mol. The van der Waals surface area contributed by atoms with Crippen molar-refractivity contribution in [3.63, 3.8) is 0 Å². The lowest BCUT2D eigenvalue weighted by Crippen LogP contribution is -2.33. The molecule has 0 aromatic heterocycles. The van der Waals surface area contributed by atoms with Gasteiger partial charge >= 0.3 is 0 Å². The Labute approximate surface area is 138 Å². The number of hydrogen-bond donors (Lipinski definition) is 2. The number of halogens is 1. The van der Waals surface area contributed by atoms with Gasteiger partial charge < -0.3 is 5.32 Å². The summed E-state index contributed by atoms with van der Waals surface area (Å²) in [5.41, 5.74) is 1.07. The number of nitrogens with zero attached hydrogens (tertiary/aromatic N) is 1. The molecule has 1 aliphatic rings. The molecule has 1 saturated heterocycles. The maximum absolute atomic E-state index is 12.3. The standard InChI is InChI=1S/C15H21N3O2S.ClH/c1-12-9-14(10-16)4-5-15(12)21(19,20)18-8-6-13-3-2-7-17-11-13;/h4-5,9,13,17-18H,2-3,6-8,11H2,1H3;1H. The molecule has 2 rings (SSSR count). The quantitative estimate of drug-likeness (QED) is 0.856. The van der Waals surface area contributed by atoms with Crippen LogP contribution in [-0.2, 0) is 10.0 Å². The minimum atomic E-state index is -3.50. The van der Waals surface area contributed by atoms with E-state index in [4.69, 9.17) is 5.26 Å². The Morgan fingerprint density at radius 3 is 2.82 bits per heavy atom. The molecule has 1 atom stereocenters. The lowest BCUT2D eigenvalue weighted by molar-refractivity contribution is 0.358. The highest BCUT2D eigenvalue weighted by Gasteiger charge is 2.18. The first kappa shape index (κ1) is 18.9. The van der Waals surface area contributed by atoms with Crippen LogP contribution in [0.15, 0.2) is 23.1 Å². The van der Waals surface area contributed by atoms with Crippen molar-refractivity contribution in [3.05, 3.63) is 29.3 Å². The molecule has 1 aromatic carbocycles. The van der Waals surface area contributed by atoms with Gasteiger partial charge in [-0.25, -0.2) is 13.1 Å². The Bertz CT molecular complexity index is 635. The number of sulfonamides is 1. The Morgan fingerprint density at radius 2 is 2.23 bits per heavy atom. The molecule has 0 bridgehead atoms. The van der Waals surface area contributed by atoms with Crippen molar-refractivity contribution in [1.29, 1.82) is 5.26 Å². The summed E-state index contributed by atoms with van der Waals surface area (Å²) < 4.78 is 27.2. The first-order valence-electron chi connectivity index (χ1n) is 7.24. The normalized spacial score (nSPS) is 18.3. The van der Waals surface area contributed by atoms with Gasteiger partial charge in [-0.3, -0.25) is 0 Å². The van der Waals surface area contributed by atoms with Crippen molar-refractivity contribution in [2.45, 2.75) is 31.1 Å². The topological polar surface area (TPSA) is 82.0 Å². The molecule has 1 aliphatic heterocycles. The van der Waals surface area contributed by atoms with Crippen LogP contribution >= 0.6 is 12.4 Å². The van der Waals surface area contributed by atoms with Gasteiger partial charge in [0.25, 0.3) is 0 Å². The summed E-state index contributed by atoms with van der Waals surface area (Å²) in [7, 11) is -3.50. The van der Waals surface area contributed by atoms with E-state index < -0.39 is 10.0 Å². The first-order valence-corrected chi connectivity index (χ1v) is 8.72. The van der Waals surface area contributed by atoms with Crippen LogP contribution in [0.3, 0.4) is 0 Å². The zero-order valence-electron chi connectivity index (χ0n) is 12.6. The third kappa shape index (κ3) is 4.96. The largest absolute Gasteiger partial charge is 0.316 e. The minimum Gasteiger partial charge on any atom is -0.316 e. The van der Waals surface area contributed by atoms with Crippen LogP contribution in [0.25, 0.3) is 0 Å². The first-order chi connectivity index (χ1) is 10.0. The number of nitriles is 1. The maximum Gasteiger partial charge on any atom is 0.240 e. The van der Waals surface area contributed by atoms with Gasteiger partial charge in [-0.1, -0.05) is 0 Å². The molecular formula is C15H22ClN3O2S. The van der Waals surface area contributed by atoms with Gasteiger partial charge in [-0.2, -0.15) is 5.26 Å². The van der Waals surface area contributed by atoms with E-state index in [2.05, 4.69) is 10.0 Å². The van der Waals surface area contributed by atoms with E-state index in [1.54, 1.807) is 13.0 Å². The van der Waals surface area contributed by atoms with Gasteiger partial charge in [-0.15, -0.1) is 12.4 Å². The summed E-state index contributed by atoms with van der Waals surface area (Å²) >= 11 is 0. The highest BCUT2D eigenvalue weighted by Crippen LogP contribution is 2.17. The Kier molecular flexibility index (Phi) is 7.30. The average molecular weight is 344 g/mol. The third-order valence-corrected chi connectivity index (χ3v) is 5.46. The van der Waals surface area contributed by atoms with Gasteiger partial charge in [-0.05, 0) is 69.0 Å². The zero-order chi connectivity index (χ0) is 15.3. The van der Waals surface area contributed by atoms with E-state index in [9.17, 15) is 8.42 Å². The number of aryl methyl sites for hydroxylation is 1. The summed E-state index contributed by atoms with van der Waals surface area (Å²) in [5.74, 6) is 0.545. The third-order valence-electron chi connectivity index (χ3n) is 3.84. The number of hydrogen-bond acceptors (Lipinski definition) is 4. The molecule has 1 aromatic rings. The van der Waals surface area contributed by atoms with Crippen molar-refractivity contribution in [2.24, 2.45) is 5.92 Å².